The van der Waals surface area contributed by atoms with E-state index in [9.17, 15) is 4.79 Å². The number of aromatic nitrogens is 1. The monoisotopic (exact) mass is 351 g/mol. The van der Waals surface area contributed by atoms with E-state index in [-0.39, 0.29) is 11.9 Å². The number of nitrogens with one attached hydrogen (secondary N) is 1. The molecule has 1 N–H and O–H groups in total. The quantitative estimate of drug-likeness (QED) is 0.847. The molecule has 138 valence electrons. The topological polar surface area (TPSA) is 45.2 Å². The van der Waals surface area contributed by atoms with Gasteiger partial charge in [-0.25, -0.2) is 0 Å². The first-order valence-electron chi connectivity index (χ1n) is 9.47. The number of aryl methyl sites for hydroxylation is 2. The molecule has 4 heteroatoms. The predicted molar refractivity (Wildman–Crippen MR) is 108 cm³/mol. The normalized spacial score (nSPS) is 15.8. The number of benzene rings is 1. The molecule has 1 fully saturated rings. The average molecular weight is 351 g/mol. The minimum Gasteiger partial charge on any atom is -0.349 e. The van der Waals surface area contributed by atoms with Crippen LogP contribution in [0.25, 0.3) is 10.9 Å². The Balaban J connectivity index is 1.69. The molecule has 0 atom stereocenters. The Morgan fingerprint density at radius 1 is 1.23 bits per heavy atom. The van der Waals surface area contributed by atoms with Crippen molar-refractivity contribution in [3.63, 3.8) is 0 Å². The molecule has 0 unspecified atom stereocenters. The Morgan fingerprint density at radius 2 is 1.96 bits per heavy atom. The molecular formula is C22H29N3O. The molecule has 4 nitrogen and oxygen atoms in total. The number of rotatable bonds is 4. The van der Waals surface area contributed by atoms with Crippen LogP contribution in [-0.4, -0.2) is 41.5 Å². The van der Waals surface area contributed by atoms with Gasteiger partial charge in [0.05, 0.1) is 11.1 Å². The summed E-state index contributed by atoms with van der Waals surface area (Å²) in [5.74, 6) is 0.0221. The van der Waals surface area contributed by atoms with E-state index in [1.165, 1.54) is 5.57 Å². The summed E-state index contributed by atoms with van der Waals surface area (Å²) in [7, 11) is 0. The Kier molecular flexibility index (Phi) is 5.72. The highest BCUT2D eigenvalue weighted by Crippen LogP contribution is 2.21. The van der Waals surface area contributed by atoms with Crippen LogP contribution in [0.5, 0.6) is 0 Å². The van der Waals surface area contributed by atoms with Gasteiger partial charge < -0.3 is 5.32 Å². The molecule has 0 bridgehead atoms. The Bertz CT molecular complexity index is 829. The second kappa shape index (κ2) is 8.00. The van der Waals surface area contributed by atoms with E-state index in [4.69, 9.17) is 0 Å². The first kappa shape index (κ1) is 18.6. The van der Waals surface area contributed by atoms with Crippen molar-refractivity contribution >= 4 is 16.8 Å². The minimum absolute atomic E-state index is 0.0221. The number of amides is 1. The molecule has 0 spiro atoms. The fraction of sp³-hybridized carbons (Fsp3) is 0.455. The molecule has 1 aliphatic heterocycles. The van der Waals surface area contributed by atoms with Gasteiger partial charge in [0.1, 0.15) is 0 Å². The molecule has 0 aliphatic carbocycles. The van der Waals surface area contributed by atoms with Gasteiger partial charge in [-0.1, -0.05) is 23.3 Å². The van der Waals surface area contributed by atoms with Crippen LogP contribution >= 0.6 is 0 Å². The SMILES string of the molecule is CC(C)=CCN1CCC(NC(=O)c2cc(C)nc3ccc(C)cc23)CC1. The summed E-state index contributed by atoms with van der Waals surface area (Å²) in [5, 5.41) is 4.19. The molecule has 1 saturated heterocycles. The Labute approximate surface area is 156 Å². The molecule has 0 saturated carbocycles. The summed E-state index contributed by atoms with van der Waals surface area (Å²) in [6.45, 7) is 11.3. The fourth-order valence-electron chi connectivity index (χ4n) is 3.49. The highest BCUT2D eigenvalue weighted by molar-refractivity contribution is 6.06. The average Bonchev–Trinajstić information content (AvgIpc) is 2.60. The zero-order valence-corrected chi connectivity index (χ0v) is 16.3. The number of carbonyl (C=O) groups excluding carboxylic acids is 1. The van der Waals surface area contributed by atoms with Crippen molar-refractivity contribution in [2.75, 3.05) is 19.6 Å². The molecule has 1 aliphatic rings. The molecular weight excluding hydrogens is 322 g/mol. The number of carbonyl (C=O) groups is 1. The van der Waals surface area contributed by atoms with Crippen LogP contribution in [0, 0.1) is 13.8 Å². The number of allylic oxidation sites excluding steroid dienone is 1. The molecule has 1 amide bonds. The Hall–Kier alpha value is -2.20. The van der Waals surface area contributed by atoms with Crippen LogP contribution in [0.2, 0.25) is 0 Å². The summed E-state index contributed by atoms with van der Waals surface area (Å²) in [6, 6.07) is 8.24. The van der Waals surface area contributed by atoms with Crippen molar-refractivity contribution in [2.45, 2.75) is 46.6 Å². The maximum absolute atomic E-state index is 12.9. The van der Waals surface area contributed by atoms with Crippen molar-refractivity contribution in [3.05, 3.63) is 52.7 Å². The maximum atomic E-state index is 12.9. The zero-order chi connectivity index (χ0) is 18.7. The Morgan fingerprint density at radius 3 is 2.65 bits per heavy atom. The smallest absolute Gasteiger partial charge is 0.252 e. The van der Waals surface area contributed by atoms with Crippen LogP contribution in [0.1, 0.15) is 48.3 Å². The molecule has 2 aromatic rings. The van der Waals surface area contributed by atoms with Gasteiger partial charge in [0.2, 0.25) is 0 Å². The van der Waals surface area contributed by atoms with E-state index in [2.05, 4.69) is 41.2 Å². The maximum Gasteiger partial charge on any atom is 0.252 e. The second-order valence-electron chi connectivity index (χ2n) is 7.66. The summed E-state index contributed by atoms with van der Waals surface area (Å²) in [5.41, 5.74) is 5.00. The predicted octanol–water partition coefficient (Wildman–Crippen LogP) is 4.01. The molecule has 1 aromatic heterocycles. The standard InChI is InChI=1S/C22H29N3O/c1-15(2)7-10-25-11-8-18(9-12-25)24-22(26)20-14-17(4)23-21-6-5-16(3)13-19(20)21/h5-7,13-14,18H,8-12H2,1-4H3,(H,24,26). The lowest BCUT2D eigenvalue weighted by molar-refractivity contribution is 0.0915. The third-order valence-corrected chi connectivity index (χ3v) is 5.02. The largest absolute Gasteiger partial charge is 0.349 e. The van der Waals surface area contributed by atoms with Gasteiger partial charge in [-0.15, -0.1) is 0 Å². The zero-order valence-electron chi connectivity index (χ0n) is 16.3. The molecule has 26 heavy (non-hydrogen) atoms. The summed E-state index contributed by atoms with van der Waals surface area (Å²) >= 11 is 0. The highest BCUT2D eigenvalue weighted by atomic mass is 16.1. The fourth-order valence-corrected chi connectivity index (χ4v) is 3.49. The van der Waals surface area contributed by atoms with Crippen molar-refractivity contribution < 1.29 is 4.79 Å². The van der Waals surface area contributed by atoms with Crippen molar-refractivity contribution in [2.24, 2.45) is 0 Å². The van der Waals surface area contributed by atoms with Crippen LogP contribution in [0.3, 0.4) is 0 Å². The number of nitrogens with zero attached hydrogens (tertiary/aromatic N) is 2. The van der Waals surface area contributed by atoms with Crippen LogP contribution in [-0.2, 0) is 0 Å². The number of fused-ring (bicyclic) bond motifs is 1. The van der Waals surface area contributed by atoms with Gasteiger partial charge >= 0.3 is 0 Å². The van der Waals surface area contributed by atoms with E-state index >= 15 is 0 Å². The van der Waals surface area contributed by atoms with E-state index in [0.717, 1.165) is 60.2 Å². The third kappa shape index (κ3) is 4.50. The number of piperidine rings is 1. The minimum atomic E-state index is 0.0221. The number of hydrogen-bond donors (Lipinski definition) is 1. The molecule has 1 aromatic carbocycles. The molecule has 0 radical (unpaired) electrons. The van der Waals surface area contributed by atoms with Crippen molar-refractivity contribution in [3.8, 4) is 0 Å². The number of hydrogen-bond acceptors (Lipinski definition) is 3. The van der Waals surface area contributed by atoms with Crippen LogP contribution in [0.15, 0.2) is 35.9 Å². The highest BCUT2D eigenvalue weighted by Gasteiger charge is 2.21. The molecule has 3 rings (SSSR count). The number of pyridine rings is 1. The van der Waals surface area contributed by atoms with Gasteiger partial charge in [-0.2, -0.15) is 0 Å². The van der Waals surface area contributed by atoms with Crippen LogP contribution < -0.4 is 5.32 Å². The van der Waals surface area contributed by atoms with Gasteiger partial charge in [0, 0.05) is 36.8 Å². The van der Waals surface area contributed by atoms with Gasteiger partial charge in [0.25, 0.3) is 5.91 Å². The lowest BCUT2D eigenvalue weighted by Crippen LogP contribution is -2.44. The van der Waals surface area contributed by atoms with E-state index in [1.807, 2.05) is 32.0 Å². The van der Waals surface area contributed by atoms with E-state index < -0.39 is 0 Å². The third-order valence-electron chi connectivity index (χ3n) is 5.02. The lowest BCUT2D eigenvalue weighted by atomic mass is 10.0. The van der Waals surface area contributed by atoms with Gasteiger partial charge in [-0.3, -0.25) is 14.7 Å². The summed E-state index contributed by atoms with van der Waals surface area (Å²) in [6.07, 6.45) is 4.28. The number of likely N-dealkylation sites (tertiary alicyclic amines) is 1. The second-order valence-corrected chi connectivity index (χ2v) is 7.66. The molecule has 2 heterocycles. The first-order chi connectivity index (χ1) is 12.4. The van der Waals surface area contributed by atoms with E-state index in [0.29, 0.717) is 0 Å². The first-order valence-corrected chi connectivity index (χ1v) is 9.47. The summed E-state index contributed by atoms with van der Waals surface area (Å²) in [4.78, 5) is 19.9. The van der Waals surface area contributed by atoms with E-state index in [1.54, 1.807) is 0 Å². The summed E-state index contributed by atoms with van der Waals surface area (Å²) < 4.78 is 0. The van der Waals surface area contributed by atoms with Crippen LogP contribution in [0.4, 0.5) is 0 Å². The lowest BCUT2D eigenvalue weighted by Gasteiger charge is -2.31. The van der Waals surface area contributed by atoms with Crippen molar-refractivity contribution in [1.82, 2.24) is 15.2 Å². The van der Waals surface area contributed by atoms with Crippen molar-refractivity contribution in [1.29, 1.82) is 0 Å². The van der Waals surface area contributed by atoms with Gasteiger partial charge in [0.15, 0.2) is 0 Å². The van der Waals surface area contributed by atoms with Gasteiger partial charge in [-0.05, 0) is 58.7 Å².